The van der Waals surface area contributed by atoms with Crippen molar-refractivity contribution < 1.29 is 19.1 Å². The number of thioether (sulfide) groups is 1. The Morgan fingerprint density at radius 3 is 2.55 bits per heavy atom. The second-order valence-electron chi connectivity index (χ2n) is 8.46. The lowest BCUT2D eigenvalue weighted by Gasteiger charge is -2.15. The first-order valence-corrected chi connectivity index (χ1v) is 13.9. The molecule has 1 aliphatic rings. The minimum Gasteiger partial charge on any atom is -0.493 e. The summed E-state index contributed by atoms with van der Waals surface area (Å²) in [7, 11) is 1.53. The van der Waals surface area contributed by atoms with E-state index < -0.39 is 0 Å². The molecule has 0 unspecified atom stereocenters. The Kier molecular flexibility index (Phi) is 8.00. The highest BCUT2D eigenvalue weighted by Crippen LogP contribution is 2.40. The summed E-state index contributed by atoms with van der Waals surface area (Å²) in [5.41, 5.74) is 2.37. The van der Waals surface area contributed by atoms with E-state index in [2.05, 4.69) is 15.9 Å². The average Bonchev–Trinajstić information content (AvgIpc) is 3.16. The zero-order valence-corrected chi connectivity index (χ0v) is 24.0. The highest BCUT2D eigenvalue weighted by molar-refractivity contribution is 9.10. The molecule has 9 heteroatoms. The van der Waals surface area contributed by atoms with Crippen LogP contribution >= 0.6 is 50.9 Å². The van der Waals surface area contributed by atoms with Crippen LogP contribution < -0.4 is 9.47 Å². The summed E-state index contributed by atoms with van der Waals surface area (Å²) in [6.45, 7) is 0.410. The van der Waals surface area contributed by atoms with Crippen LogP contribution in [0.3, 0.4) is 0 Å². The maximum atomic E-state index is 13.2. The molecule has 0 saturated carbocycles. The standard InChI is InChI=1S/C29H20BrCl2NO4S/c1-36-25-12-17(11-23(30)27(25)37-16-20-9-10-21(31)14-24(20)32)13-26-28(34)33(29(35)38-26)15-19-7-4-6-18-5-2-3-8-22(18)19/h2-14H,15-16H2,1H3/b26-13-. The predicted molar refractivity (Wildman–Crippen MR) is 157 cm³/mol. The quantitative estimate of drug-likeness (QED) is 0.192. The fourth-order valence-electron chi connectivity index (χ4n) is 4.14. The van der Waals surface area contributed by atoms with Gasteiger partial charge in [-0.3, -0.25) is 14.5 Å². The first-order chi connectivity index (χ1) is 18.3. The summed E-state index contributed by atoms with van der Waals surface area (Å²) in [6, 6.07) is 22.6. The van der Waals surface area contributed by atoms with Crippen LogP contribution in [0.5, 0.6) is 11.5 Å². The Morgan fingerprint density at radius 2 is 1.76 bits per heavy atom. The van der Waals surface area contributed by atoms with Gasteiger partial charge in [-0.2, -0.15) is 0 Å². The molecule has 2 amide bonds. The van der Waals surface area contributed by atoms with Gasteiger partial charge in [-0.15, -0.1) is 0 Å². The molecule has 0 N–H and O–H groups in total. The maximum absolute atomic E-state index is 13.2. The smallest absolute Gasteiger partial charge is 0.293 e. The van der Waals surface area contributed by atoms with Gasteiger partial charge >= 0.3 is 0 Å². The lowest BCUT2D eigenvalue weighted by atomic mass is 10.0. The third-order valence-corrected chi connectivity index (χ3v) is 8.10. The molecular weight excluding hydrogens is 609 g/mol. The molecule has 192 valence electrons. The number of halogens is 3. The van der Waals surface area contributed by atoms with Gasteiger partial charge in [0.25, 0.3) is 11.1 Å². The Morgan fingerprint density at radius 1 is 0.974 bits per heavy atom. The predicted octanol–water partition coefficient (Wildman–Crippen LogP) is 8.73. The van der Waals surface area contributed by atoms with Gasteiger partial charge in [-0.25, -0.2) is 0 Å². The number of carbonyl (C=O) groups excluding carboxylic acids is 2. The number of fused-ring (bicyclic) bond motifs is 1. The minimum absolute atomic E-state index is 0.205. The zero-order valence-electron chi connectivity index (χ0n) is 20.0. The molecular formula is C29H20BrCl2NO4S. The summed E-state index contributed by atoms with van der Waals surface area (Å²) in [6.07, 6.45) is 1.68. The van der Waals surface area contributed by atoms with Crippen molar-refractivity contribution in [3.05, 3.63) is 109 Å². The van der Waals surface area contributed by atoms with Crippen LogP contribution in [0, 0.1) is 0 Å². The zero-order chi connectivity index (χ0) is 26.8. The van der Waals surface area contributed by atoms with E-state index in [0.29, 0.717) is 36.5 Å². The van der Waals surface area contributed by atoms with E-state index in [1.54, 1.807) is 36.4 Å². The molecule has 0 bridgehead atoms. The van der Waals surface area contributed by atoms with Crippen LogP contribution in [0.1, 0.15) is 16.7 Å². The second kappa shape index (κ2) is 11.4. The first-order valence-electron chi connectivity index (χ1n) is 11.5. The largest absolute Gasteiger partial charge is 0.493 e. The molecule has 1 aliphatic heterocycles. The summed E-state index contributed by atoms with van der Waals surface area (Å²) < 4.78 is 12.2. The molecule has 0 aliphatic carbocycles. The van der Waals surface area contributed by atoms with Crippen molar-refractivity contribution in [1.29, 1.82) is 0 Å². The van der Waals surface area contributed by atoms with Gasteiger partial charge < -0.3 is 9.47 Å². The number of imide groups is 1. The van der Waals surface area contributed by atoms with E-state index in [0.717, 1.165) is 33.7 Å². The average molecular weight is 629 g/mol. The summed E-state index contributed by atoms with van der Waals surface area (Å²) in [4.78, 5) is 27.6. The van der Waals surface area contributed by atoms with E-state index in [1.165, 1.54) is 12.0 Å². The van der Waals surface area contributed by atoms with Crippen LogP contribution in [-0.4, -0.2) is 23.2 Å². The molecule has 0 aromatic heterocycles. The van der Waals surface area contributed by atoms with E-state index in [1.807, 2.05) is 42.5 Å². The third kappa shape index (κ3) is 5.57. The van der Waals surface area contributed by atoms with E-state index in [-0.39, 0.29) is 24.3 Å². The molecule has 5 rings (SSSR count). The maximum Gasteiger partial charge on any atom is 0.293 e. The molecule has 0 spiro atoms. The first kappa shape index (κ1) is 26.6. The number of carbonyl (C=O) groups is 2. The van der Waals surface area contributed by atoms with Gasteiger partial charge in [0.15, 0.2) is 11.5 Å². The van der Waals surface area contributed by atoms with Crippen molar-refractivity contribution in [2.75, 3.05) is 7.11 Å². The van der Waals surface area contributed by atoms with Gasteiger partial charge in [0, 0.05) is 15.6 Å². The number of hydrogen-bond acceptors (Lipinski definition) is 5. The molecule has 0 atom stereocenters. The monoisotopic (exact) mass is 627 g/mol. The van der Waals surface area contributed by atoms with Crippen molar-refractivity contribution in [1.82, 2.24) is 4.90 Å². The molecule has 0 radical (unpaired) electrons. The van der Waals surface area contributed by atoms with Crippen LogP contribution in [-0.2, 0) is 17.9 Å². The summed E-state index contributed by atoms with van der Waals surface area (Å²) in [5.74, 6) is 0.617. The topological polar surface area (TPSA) is 55.8 Å². The minimum atomic E-state index is -0.333. The number of benzene rings is 4. The lowest BCUT2D eigenvalue weighted by Crippen LogP contribution is -2.27. The number of hydrogen-bond donors (Lipinski definition) is 0. The van der Waals surface area contributed by atoms with Crippen molar-refractivity contribution in [2.45, 2.75) is 13.2 Å². The summed E-state index contributed by atoms with van der Waals surface area (Å²) in [5, 5.41) is 2.82. The lowest BCUT2D eigenvalue weighted by molar-refractivity contribution is -0.123. The Bertz CT molecular complexity index is 1600. The fourth-order valence-corrected chi connectivity index (χ4v) is 6.02. The molecule has 38 heavy (non-hydrogen) atoms. The number of methoxy groups -OCH3 is 1. The number of nitrogens with zero attached hydrogens (tertiary/aromatic N) is 1. The van der Waals surface area contributed by atoms with Crippen LogP contribution in [0.15, 0.2) is 82.2 Å². The van der Waals surface area contributed by atoms with Crippen molar-refractivity contribution in [2.24, 2.45) is 0 Å². The van der Waals surface area contributed by atoms with Gasteiger partial charge in [-0.05, 0) is 79.9 Å². The van der Waals surface area contributed by atoms with Gasteiger partial charge in [0.1, 0.15) is 6.61 Å². The molecule has 4 aromatic carbocycles. The normalized spacial score (nSPS) is 14.5. The summed E-state index contributed by atoms with van der Waals surface area (Å²) >= 11 is 16.7. The van der Waals surface area contributed by atoms with E-state index in [4.69, 9.17) is 32.7 Å². The van der Waals surface area contributed by atoms with Crippen molar-refractivity contribution in [3.63, 3.8) is 0 Å². The van der Waals surface area contributed by atoms with Crippen molar-refractivity contribution >= 4 is 78.9 Å². The Hall–Kier alpha value is -2.97. The van der Waals surface area contributed by atoms with Crippen LogP contribution in [0.25, 0.3) is 16.8 Å². The SMILES string of the molecule is COc1cc(/C=C2\SC(=O)N(Cc3cccc4ccccc34)C2=O)cc(Br)c1OCc1ccc(Cl)cc1Cl. The Labute approximate surface area is 242 Å². The number of amides is 2. The fraction of sp³-hybridized carbons (Fsp3) is 0.103. The molecule has 1 saturated heterocycles. The van der Waals surface area contributed by atoms with Crippen LogP contribution in [0.4, 0.5) is 4.79 Å². The highest BCUT2D eigenvalue weighted by atomic mass is 79.9. The van der Waals surface area contributed by atoms with E-state index >= 15 is 0 Å². The number of ether oxygens (including phenoxy) is 2. The molecule has 1 heterocycles. The molecule has 1 fully saturated rings. The van der Waals surface area contributed by atoms with Gasteiger partial charge in [0.05, 0.1) is 23.0 Å². The number of rotatable bonds is 7. The molecule has 5 nitrogen and oxygen atoms in total. The van der Waals surface area contributed by atoms with Gasteiger partial charge in [-0.1, -0.05) is 71.7 Å². The Balaban J connectivity index is 1.37. The third-order valence-electron chi connectivity index (χ3n) is 6.02. The van der Waals surface area contributed by atoms with E-state index in [9.17, 15) is 9.59 Å². The highest BCUT2D eigenvalue weighted by Gasteiger charge is 2.35. The second-order valence-corrected chi connectivity index (χ2v) is 11.2. The van der Waals surface area contributed by atoms with Gasteiger partial charge in [0.2, 0.25) is 0 Å². The van der Waals surface area contributed by atoms with Crippen molar-refractivity contribution in [3.8, 4) is 11.5 Å². The van der Waals surface area contributed by atoms with Crippen LogP contribution in [0.2, 0.25) is 10.0 Å². The molecule has 4 aromatic rings.